The van der Waals surface area contributed by atoms with Crippen LogP contribution in [0.5, 0.6) is 0 Å². The third-order valence-corrected chi connectivity index (χ3v) is 2.87. The van der Waals surface area contributed by atoms with Crippen molar-refractivity contribution in [2.45, 2.75) is 6.42 Å². The van der Waals surface area contributed by atoms with Crippen molar-refractivity contribution in [1.82, 2.24) is 4.57 Å². The lowest BCUT2D eigenvalue weighted by Crippen LogP contribution is -1.90. The van der Waals surface area contributed by atoms with Gasteiger partial charge in [-0.3, -0.25) is 0 Å². The summed E-state index contributed by atoms with van der Waals surface area (Å²) in [7, 11) is 2.09. The fraction of sp³-hybridized carbons (Fsp3) is 0.273. The molecule has 0 saturated heterocycles. The van der Waals surface area contributed by atoms with Crippen LogP contribution in [0.3, 0.4) is 0 Å². The number of anilines is 1. The van der Waals surface area contributed by atoms with E-state index >= 15 is 0 Å². The molecule has 1 N–H and O–H groups in total. The number of nitrogens with zero attached hydrogens (tertiary/aromatic N) is 1. The van der Waals surface area contributed by atoms with E-state index in [9.17, 15) is 0 Å². The fourth-order valence-corrected chi connectivity index (χ4v) is 2.17. The standard InChI is InChI=1S/C11H12N2.ClH/c1-13-7-5-9-8-4-6-12-10(8)2-3-11(9)13;/h2-3,5,7,12H,4,6H2,1H3;1H. The third kappa shape index (κ3) is 1.11. The van der Waals surface area contributed by atoms with E-state index < -0.39 is 0 Å². The van der Waals surface area contributed by atoms with Gasteiger partial charge in [-0.2, -0.15) is 0 Å². The summed E-state index contributed by atoms with van der Waals surface area (Å²) in [5.74, 6) is 0. The first-order chi connectivity index (χ1) is 6.36. The second-order valence-electron chi connectivity index (χ2n) is 3.63. The molecule has 0 aliphatic carbocycles. The Balaban J connectivity index is 0.000000750. The molecule has 1 aliphatic heterocycles. The summed E-state index contributed by atoms with van der Waals surface area (Å²) in [6.07, 6.45) is 3.29. The van der Waals surface area contributed by atoms with Gasteiger partial charge in [0.1, 0.15) is 0 Å². The quantitative estimate of drug-likeness (QED) is 0.704. The molecule has 1 aromatic heterocycles. The van der Waals surface area contributed by atoms with Crippen molar-refractivity contribution in [3.63, 3.8) is 0 Å². The smallest absolute Gasteiger partial charge is 0.0481 e. The number of fused-ring (bicyclic) bond motifs is 3. The minimum Gasteiger partial charge on any atom is -0.384 e. The molecule has 0 amide bonds. The highest BCUT2D eigenvalue weighted by Gasteiger charge is 2.13. The van der Waals surface area contributed by atoms with Crippen LogP contribution < -0.4 is 5.32 Å². The number of hydrogen-bond acceptors (Lipinski definition) is 1. The number of halogens is 1. The van der Waals surface area contributed by atoms with Gasteiger partial charge < -0.3 is 9.88 Å². The van der Waals surface area contributed by atoms with Gasteiger partial charge in [0.2, 0.25) is 0 Å². The Morgan fingerprint density at radius 2 is 2.14 bits per heavy atom. The third-order valence-electron chi connectivity index (χ3n) is 2.87. The van der Waals surface area contributed by atoms with Crippen molar-refractivity contribution in [2.24, 2.45) is 7.05 Å². The molecule has 2 aromatic rings. The highest BCUT2D eigenvalue weighted by Crippen LogP contribution is 2.30. The molecule has 0 bridgehead atoms. The van der Waals surface area contributed by atoms with Crippen LogP contribution in [0.1, 0.15) is 5.56 Å². The molecule has 3 heteroatoms. The van der Waals surface area contributed by atoms with Gasteiger partial charge >= 0.3 is 0 Å². The molecule has 0 fully saturated rings. The topological polar surface area (TPSA) is 17.0 Å². The predicted molar refractivity (Wildman–Crippen MR) is 62.4 cm³/mol. The average molecular weight is 209 g/mol. The molecular weight excluding hydrogens is 196 g/mol. The summed E-state index contributed by atoms with van der Waals surface area (Å²) < 4.78 is 2.17. The summed E-state index contributed by atoms with van der Waals surface area (Å²) in [5, 5.41) is 4.80. The van der Waals surface area contributed by atoms with E-state index in [-0.39, 0.29) is 12.4 Å². The largest absolute Gasteiger partial charge is 0.384 e. The van der Waals surface area contributed by atoms with E-state index in [1.807, 2.05) is 0 Å². The van der Waals surface area contributed by atoms with Gasteiger partial charge in [-0.05, 0) is 30.2 Å². The Labute approximate surface area is 89.3 Å². The Bertz CT molecular complexity index is 473. The summed E-state index contributed by atoms with van der Waals surface area (Å²) >= 11 is 0. The molecule has 2 heterocycles. The lowest BCUT2D eigenvalue weighted by molar-refractivity contribution is 0.969. The normalized spacial score (nSPS) is 13.5. The Hall–Kier alpha value is -1.15. The van der Waals surface area contributed by atoms with Gasteiger partial charge in [0, 0.05) is 36.4 Å². The zero-order valence-corrected chi connectivity index (χ0v) is 8.90. The van der Waals surface area contributed by atoms with Crippen molar-refractivity contribution >= 4 is 29.0 Å². The van der Waals surface area contributed by atoms with Gasteiger partial charge in [-0.15, -0.1) is 12.4 Å². The van der Waals surface area contributed by atoms with Crippen molar-refractivity contribution in [3.05, 3.63) is 30.0 Å². The molecule has 0 unspecified atom stereocenters. The highest BCUT2D eigenvalue weighted by atomic mass is 35.5. The Morgan fingerprint density at radius 3 is 3.00 bits per heavy atom. The summed E-state index contributed by atoms with van der Waals surface area (Å²) in [6.45, 7) is 1.09. The van der Waals surface area contributed by atoms with Crippen molar-refractivity contribution in [2.75, 3.05) is 11.9 Å². The molecule has 0 saturated carbocycles. The zero-order valence-electron chi connectivity index (χ0n) is 8.08. The zero-order chi connectivity index (χ0) is 8.84. The lowest BCUT2D eigenvalue weighted by atomic mass is 10.1. The maximum atomic E-state index is 3.39. The molecule has 1 aromatic carbocycles. The van der Waals surface area contributed by atoms with Gasteiger partial charge in [-0.25, -0.2) is 0 Å². The average Bonchev–Trinajstić information content (AvgIpc) is 2.70. The van der Waals surface area contributed by atoms with Crippen molar-refractivity contribution in [1.29, 1.82) is 0 Å². The van der Waals surface area contributed by atoms with Gasteiger partial charge in [0.25, 0.3) is 0 Å². The lowest BCUT2D eigenvalue weighted by Gasteiger charge is -2.01. The van der Waals surface area contributed by atoms with Gasteiger partial charge in [0.05, 0.1) is 0 Å². The molecule has 1 aliphatic rings. The monoisotopic (exact) mass is 208 g/mol. The van der Waals surface area contributed by atoms with E-state index in [1.54, 1.807) is 0 Å². The SMILES string of the molecule is Cl.Cn1ccc2c3c(ccc21)NCC3. The van der Waals surface area contributed by atoms with Crippen molar-refractivity contribution < 1.29 is 0 Å². The molecule has 0 atom stereocenters. The van der Waals surface area contributed by atoms with Crippen LogP contribution in [-0.2, 0) is 13.5 Å². The van der Waals surface area contributed by atoms with Gasteiger partial charge in [-0.1, -0.05) is 0 Å². The van der Waals surface area contributed by atoms with E-state index in [0.717, 1.165) is 13.0 Å². The number of rotatable bonds is 0. The molecule has 14 heavy (non-hydrogen) atoms. The fourth-order valence-electron chi connectivity index (χ4n) is 2.17. The maximum absolute atomic E-state index is 3.39. The molecule has 3 rings (SSSR count). The van der Waals surface area contributed by atoms with E-state index in [1.165, 1.54) is 22.2 Å². The molecule has 0 radical (unpaired) electrons. The second kappa shape index (κ2) is 3.21. The molecule has 74 valence electrons. The van der Waals surface area contributed by atoms with Crippen LogP contribution in [0.2, 0.25) is 0 Å². The first kappa shape index (κ1) is 9.41. The van der Waals surface area contributed by atoms with Crippen LogP contribution >= 0.6 is 12.4 Å². The van der Waals surface area contributed by atoms with Crippen LogP contribution in [0.15, 0.2) is 24.4 Å². The predicted octanol–water partition coefficient (Wildman–Crippen LogP) is 2.57. The number of nitrogens with one attached hydrogen (secondary N) is 1. The highest BCUT2D eigenvalue weighted by molar-refractivity contribution is 5.89. The van der Waals surface area contributed by atoms with E-state index in [2.05, 4.69) is 41.3 Å². The number of hydrogen-bond donors (Lipinski definition) is 1. The van der Waals surface area contributed by atoms with Crippen LogP contribution in [0.25, 0.3) is 10.9 Å². The van der Waals surface area contributed by atoms with Gasteiger partial charge in [0.15, 0.2) is 0 Å². The van der Waals surface area contributed by atoms with Crippen LogP contribution in [0, 0.1) is 0 Å². The molecular formula is C11H13ClN2. The molecule has 2 nitrogen and oxygen atoms in total. The van der Waals surface area contributed by atoms with Crippen LogP contribution in [0.4, 0.5) is 5.69 Å². The Kier molecular flexibility index (Phi) is 2.16. The van der Waals surface area contributed by atoms with E-state index in [0.29, 0.717) is 0 Å². The van der Waals surface area contributed by atoms with E-state index in [4.69, 9.17) is 0 Å². The number of aryl methyl sites for hydroxylation is 1. The summed E-state index contributed by atoms with van der Waals surface area (Å²) in [6, 6.07) is 6.58. The number of benzene rings is 1. The minimum atomic E-state index is 0. The second-order valence-corrected chi connectivity index (χ2v) is 3.63. The summed E-state index contributed by atoms with van der Waals surface area (Å²) in [4.78, 5) is 0. The minimum absolute atomic E-state index is 0. The maximum Gasteiger partial charge on any atom is 0.0481 e. The van der Waals surface area contributed by atoms with Crippen LogP contribution in [-0.4, -0.2) is 11.1 Å². The first-order valence-electron chi connectivity index (χ1n) is 4.67. The summed E-state index contributed by atoms with van der Waals surface area (Å²) in [5.41, 5.74) is 4.14. The first-order valence-corrected chi connectivity index (χ1v) is 4.67. The van der Waals surface area contributed by atoms with Crippen molar-refractivity contribution in [3.8, 4) is 0 Å². The number of aromatic nitrogens is 1. The Morgan fingerprint density at radius 1 is 1.29 bits per heavy atom. The molecule has 0 spiro atoms.